The SMILES string of the molecule is Cc1noc(C)c1C(C)Nc1ncnc2c1CCCC2. The molecule has 3 rings (SSSR count). The van der Waals surface area contributed by atoms with E-state index in [-0.39, 0.29) is 6.04 Å². The van der Waals surface area contributed by atoms with Gasteiger partial charge in [0.05, 0.1) is 11.7 Å². The molecule has 1 N–H and O–H groups in total. The van der Waals surface area contributed by atoms with Gasteiger partial charge < -0.3 is 9.84 Å². The van der Waals surface area contributed by atoms with E-state index in [1.54, 1.807) is 6.33 Å². The van der Waals surface area contributed by atoms with Crippen molar-refractivity contribution in [2.45, 2.75) is 52.5 Å². The summed E-state index contributed by atoms with van der Waals surface area (Å²) in [6, 6.07) is 0.127. The number of anilines is 1. The number of hydrogen-bond donors (Lipinski definition) is 1. The zero-order valence-electron chi connectivity index (χ0n) is 12.2. The number of nitrogens with zero attached hydrogens (tertiary/aromatic N) is 3. The molecule has 0 spiro atoms. The van der Waals surface area contributed by atoms with Gasteiger partial charge in [0.15, 0.2) is 0 Å². The second-order valence-corrected chi connectivity index (χ2v) is 5.46. The average molecular weight is 272 g/mol. The minimum atomic E-state index is 0.127. The van der Waals surface area contributed by atoms with E-state index in [9.17, 15) is 0 Å². The smallest absolute Gasteiger partial charge is 0.139 e. The molecule has 1 aliphatic rings. The van der Waals surface area contributed by atoms with Gasteiger partial charge >= 0.3 is 0 Å². The third-order valence-corrected chi connectivity index (χ3v) is 4.00. The number of aromatic nitrogens is 3. The molecular weight excluding hydrogens is 252 g/mol. The van der Waals surface area contributed by atoms with Crippen LogP contribution < -0.4 is 5.32 Å². The molecule has 2 aromatic rings. The quantitative estimate of drug-likeness (QED) is 0.930. The fourth-order valence-electron chi connectivity index (χ4n) is 3.03. The highest BCUT2D eigenvalue weighted by molar-refractivity contribution is 5.49. The van der Waals surface area contributed by atoms with Crippen LogP contribution in [0.2, 0.25) is 0 Å². The molecule has 5 heteroatoms. The maximum atomic E-state index is 5.24. The van der Waals surface area contributed by atoms with Crippen LogP contribution in [0.4, 0.5) is 5.82 Å². The van der Waals surface area contributed by atoms with Gasteiger partial charge in [-0.2, -0.15) is 0 Å². The first-order valence-corrected chi connectivity index (χ1v) is 7.19. The molecule has 106 valence electrons. The molecule has 0 bridgehead atoms. The van der Waals surface area contributed by atoms with Crippen LogP contribution in [-0.2, 0) is 12.8 Å². The zero-order chi connectivity index (χ0) is 14.1. The molecule has 0 amide bonds. The molecule has 0 fully saturated rings. The largest absolute Gasteiger partial charge is 0.363 e. The van der Waals surface area contributed by atoms with Crippen LogP contribution in [0, 0.1) is 13.8 Å². The molecule has 1 unspecified atom stereocenters. The van der Waals surface area contributed by atoms with E-state index >= 15 is 0 Å². The van der Waals surface area contributed by atoms with Crippen molar-refractivity contribution in [3.05, 3.63) is 34.6 Å². The normalized spacial score (nSPS) is 15.8. The van der Waals surface area contributed by atoms with Crippen LogP contribution in [0.15, 0.2) is 10.9 Å². The third kappa shape index (κ3) is 2.28. The summed E-state index contributed by atoms with van der Waals surface area (Å²) in [7, 11) is 0. The Morgan fingerprint density at radius 1 is 1.20 bits per heavy atom. The van der Waals surface area contributed by atoms with Crippen molar-refractivity contribution in [1.82, 2.24) is 15.1 Å². The van der Waals surface area contributed by atoms with Gasteiger partial charge in [0, 0.05) is 16.8 Å². The number of nitrogens with one attached hydrogen (secondary N) is 1. The lowest BCUT2D eigenvalue weighted by molar-refractivity contribution is 0.392. The molecule has 1 aliphatic carbocycles. The van der Waals surface area contributed by atoms with Crippen molar-refractivity contribution >= 4 is 5.82 Å². The Morgan fingerprint density at radius 3 is 2.75 bits per heavy atom. The summed E-state index contributed by atoms with van der Waals surface area (Å²) in [5.41, 5.74) is 4.52. The lowest BCUT2D eigenvalue weighted by Crippen LogP contribution is -2.15. The van der Waals surface area contributed by atoms with E-state index in [2.05, 4.69) is 27.4 Å². The molecule has 0 saturated carbocycles. The maximum absolute atomic E-state index is 5.24. The first-order valence-electron chi connectivity index (χ1n) is 7.19. The Kier molecular flexibility index (Phi) is 3.42. The minimum Gasteiger partial charge on any atom is -0.363 e. The fraction of sp³-hybridized carbons (Fsp3) is 0.533. The Bertz CT molecular complexity index is 601. The first-order chi connectivity index (χ1) is 9.66. The summed E-state index contributed by atoms with van der Waals surface area (Å²) in [6.45, 7) is 6.03. The summed E-state index contributed by atoms with van der Waals surface area (Å²) < 4.78 is 5.24. The first kappa shape index (κ1) is 13.1. The molecule has 5 nitrogen and oxygen atoms in total. The Hall–Kier alpha value is -1.91. The summed E-state index contributed by atoms with van der Waals surface area (Å²) in [6.07, 6.45) is 6.23. The van der Waals surface area contributed by atoms with Crippen molar-refractivity contribution < 1.29 is 4.52 Å². The van der Waals surface area contributed by atoms with E-state index in [1.165, 1.54) is 24.1 Å². The highest BCUT2D eigenvalue weighted by Gasteiger charge is 2.20. The number of fused-ring (bicyclic) bond motifs is 1. The van der Waals surface area contributed by atoms with E-state index < -0.39 is 0 Å². The van der Waals surface area contributed by atoms with Gasteiger partial charge in [-0.1, -0.05) is 5.16 Å². The molecule has 0 aromatic carbocycles. The lowest BCUT2D eigenvalue weighted by Gasteiger charge is -2.21. The van der Waals surface area contributed by atoms with E-state index in [4.69, 9.17) is 4.52 Å². The molecular formula is C15H20N4O. The minimum absolute atomic E-state index is 0.127. The van der Waals surface area contributed by atoms with Crippen LogP contribution in [0.5, 0.6) is 0 Å². The number of hydrogen-bond acceptors (Lipinski definition) is 5. The van der Waals surface area contributed by atoms with Crippen molar-refractivity contribution in [3.63, 3.8) is 0 Å². The lowest BCUT2D eigenvalue weighted by atomic mass is 9.96. The Balaban J connectivity index is 1.88. The second kappa shape index (κ2) is 5.23. The molecule has 1 atom stereocenters. The Labute approximate surface area is 118 Å². The van der Waals surface area contributed by atoms with Crippen molar-refractivity contribution in [2.75, 3.05) is 5.32 Å². The van der Waals surface area contributed by atoms with Crippen molar-refractivity contribution in [1.29, 1.82) is 0 Å². The van der Waals surface area contributed by atoms with Gasteiger partial charge in [-0.25, -0.2) is 9.97 Å². The Morgan fingerprint density at radius 2 is 2.00 bits per heavy atom. The maximum Gasteiger partial charge on any atom is 0.139 e. The molecule has 20 heavy (non-hydrogen) atoms. The molecule has 2 heterocycles. The van der Waals surface area contributed by atoms with E-state index in [0.29, 0.717) is 0 Å². The molecule has 0 radical (unpaired) electrons. The van der Waals surface area contributed by atoms with Gasteiger partial charge in [0.25, 0.3) is 0 Å². The standard InChI is InChI=1S/C15H20N4O/c1-9(14-10(2)19-20-11(14)3)18-15-12-6-4-5-7-13(12)16-8-17-15/h8-9H,4-7H2,1-3H3,(H,16,17,18). The zero-order valence-corrected chi connectivity index (χ0v) is 12.2. The highest BCUT2D eigenvalue weighted by atomic mass is 16.5. The highest BCUT2D eigenvalue weighted by Crippen LogP contribution is 2.29. The van der Waals surface area contributed by atoms with Gasteiger partial charge in [0.2, 0.25) is 0 Å². The summed E-state index contributed by atoms with van der Waals surface area (Å²) in [4.78, 5) is 8.83. The van der Waals surface area contributed by atoms with E-state index in [1.807, 2.05) is 13.8 Å². The van der Waals surface area contributed by atoms with E-state index in [0.717, 1.165) is 35.7 Å². The van der Waals surface area contributed by atoms with Crippen LogP contribution in [0.3, 0.4) is 0 Å². The summed E-state index contributed by atoms with van der Waals surface area (Å²) in [5, 5.41) is 7.52. The van der Waals surface area contributed by atoms with Crippen molar-refractivity contribution in [2.24, 2.45) is 0 Å². The molecule has 0 saturated heterocycles. The molecule has 0 aliphatic heterocycles. The second-order valence-electron chi connectivity index (χ2n) is 5.46. The topological polar surface area (TPSA) is 63.8 Å². The van der Waals surface area contributed by atoms with Crippen LogP contribution in [-0.4, -0.2) is 15.1 Å². The third-order valence-electron chi connectivity index (χ3n) is 4.00. The summed E-state index contributed by atoms with van der Waals surface area (Å²) >= 11 is 0. The van der Waals surface area contributed by atoms with Crippen molar-refractivity contribution in [3.8, 4) is 0 Å². The van der Waals surface area contributed by atoms with Gasteiger partial charge in [-0.15, -0.1) is 0 Å². The van der Waals surface area contributed by atoms with Crippen LogP contribution in [0.1, 0.15) is 54.1 Å². The predicted octanol–water partition coefficient (Wildman–Crippen LogP) is 3.13. The van der Waals surface area contributed by atoms with Gasteiger partial charge in [0.1, 0.15) is 17.9 Å². The fourth-order valence-corrected chi connectivity index (χ4v) is 3.03. The summed E-state index contributed by atoms with van der Waals surface area (Å²) in [5.74, 6) is 1.83. The van der Waals surface area contributed by atoms with Crippen LogP contribution >= 0.6 is 0 Å². The van der Waals surface area contributed by atoms with Gasteiger partial charge in [-0.3, -0.25) is 0 Å². The van der Waals surface area contributed by atoms with Gasteiger partial charge in [-0.05, 0) is 46.5 Å². The number of aryl methyl sites for hydroxylation is 3. The molecule has 2 aromatic heterocycles. The predicted molar refractivity (Wildman–Crippen MR) is 76.7 cm³/mol. The average Bonchev–Trinajstić information content (AvgIpc) is 2.78. The van der Waals surface area contributed by atoms with Crippen LogP contribution in [0.25, 0.3) is 0 Å². The monoisotopic (exact) mass is 272 g/mol. The number of rotatable bonds is 3.